The molecule has 2 heteroatoms. The van der Waals surface area contributed by atoms with Crippen molar-refractivity contribution < 1.29 is 5.11 Å². The maximum atomic E-state index is 9.11. The Morgan fingerprint density at radius 3 is 2.69 bits per heavy atom. The predicted molar refractivity (Wildman–Crippen MR) is 65.1 cm³/mol. The van der Waals surface area contributed by atoms with E-state index in [0.717, 1.165) is 16.8 Å². The van der Waals surface area contributed by atoms with Crippen molar-refractivity contribution in [3.63, 3.8) is 0 Å². The van der Waals surface area contributed by atoms with Crippen molar-refractivity contribution in [2.45, 2.75) is 20.5 Å². The monoisotopic (exact) mass is 213 g/mol. The topological polar surface area (TPSA) is 33.1 Å². The van der Waals surface area contributed by atoms with Gasteiger partial charge >= 0.3 is 0 Å². The molecule has 0 saturated heterocycles. The third-order valence-electron chi connectivity index (χ3n) is 2.68. The number of hydrogen-bond acceptors (Lipinski definition) is 2. The van der Waals surface area contributed by atoms with Gasteiger partial charge in [0.05, 0.1) is 12.3 Å². The summed E-state index contributed by atoms with van der Waals surface area (Å²) in [7, 11) is 0. The van der Waals surface area contributed by atoms with Gasteiger partial charge in [0.15, 0.2) is 0 Å². The van der Waals surface area contributed by atoms with E-state index in [9.17, 15) is 0 Å². The van der Waals surface area contributed by atoms with Crippen LogP contribution in [0.2, 0.25) is 0 Å². The molecule has 0 aliphatic rings. The van der Waals surface area contributed by atoms with Gasteiger partial charge in [0, 0.05) is 11.8 Å². The first-order valence-corrected chi connectivity index (χ1v) is 5.34. The van der Waals surface area contributed by atoms with Gasteiger partial charge in [0.25, 0.3) is 0 Å². The summed E-state index contributed by atoms with van der Waals surface area (Å²) in [6, 6.07) is 10.1. The molecule has 0 bridgehead atoms. The van der Waals surface area contributed by atoms with Gasteiger partial charge in [0.2, 0.25) is 0 Å². The Hall–Kier alpha value is -1.67. The molecule has 0 aliphatic heterocycles. The summed E-state index contributed by atoms with van der Waals surface area (Å²) >= 11 is 0. The molecule has 0 amide bonds. The lowest BCUT2D eigenvalue weighted by atomic mass is 10.0. The Morgan fingerprint density at radius 1 is 1.12 bits per heavy atom. The van der Waals surface area contributed by atoms with Crippen LogP contribution in [-0.4, -0.2) is 10.1 Å². The summed E-state index contributed by atoms with van der Waals surface area (Å²) in [6.07, 6.45) is 1.74. The highest BCUT2D eigenvalue weighted by atomic mass is 16.3. The molecular weight excluding hydrogens is 198 g/mol. The molecule has 0 saturated carbocycles. The Kier molecular flexibility index (Phi) is 3.02. The van der Waals surface area contributed by atoms with E-state index >= 15 is 0 Å². The Labute approximate surface area is 95.6 Å². The van der Waals surface area contributed by atoms with Gasteiger partial charge in [-0.25, -0.2) is 0 Å². The fourth-order valence-corrected chi connectivity index (χ4v) is 1.73. The lowest BCUT2D eigenvalue weighted by Gasteiger charge is -2.07. The van der Waals surface area contributed by atoms with Crippen LogP contribution in [0.15, 0.2) is 36.5 Å². The van der Waals surface area contributed by atoms with Crippen LogP contribution in [0.3, 0.4) is 0 Å². The molecule has 0 atom stereocenters. The van der Waals surface area contributed by atoms with Crippen LogP contribution in [0, 0.1) is 13.8 Å². The molecule has 1 N–H and O–H groups in total. The number of hydrogen-bond donors (Lipinski definition) is 1. The molecule has 16 heavy (non-hydrogen) atoms. The number of rotatable bonds is 2. The van der Waals surface area contributed by atoms with Gasteiger partial charge in [0.1, 0.15) is 0 Å². The fraction of sp³-hybridized carbons (Fsp3) is 0.214. The van der Waals surface area contributed by atoms with Crippen molar-refractivity contribution in [3.05, 3.63) is 53.2 Å². The number of nitrogens with zero attached hydrogens (tertiary/aromatic N) is 1. The first-order chi connectivity index (χ1) is 7.70. The lowest BCUT2D eigenvalue weighted by molar-refractivity contribution is 0.282. The largest absolute Gasteiger partial charge is 0.392 e. The van der Waals surface area contributed by atoms with E-state index in [1.54, 1.807) is 6.20 Å². The summed E-state index contributed by atoms with van der Waals surface area (Å²) in [5.74, 6) is 0. The van der Waals surface area contributed by atoms with Crippen molar-refractivity contribution in [3.8, 4) is 11.3 Å². The van der Waals surface area contributed by atoms with Crippen molar-refractivity contribution >= 4 is 0 Å². The molecule has 0 unspecified atom stereocenters. The van der Waals surface area contributed by atoms with Crippen molar-refractivity contribution in [2.24, 2.45) is 0 Å². The number of aryl methyl sites for hydroxylation is 2. The zero-order chi connectivity index (χ0) is 11.5. The summed E-state index contributed by atoms with van der Waals surface area (Å²) in [5.41, 5.74) is 5.37. The normalized spacial score (nSPS) is 10.4. The highest BCUT2D eigenvalue weighted by Crippen LogP contribution is 2.23. The minimum atomic E-state index is 0.0559. The predicted octanol–water partition coefficient (Wildman–Crippen LogP) is 2.86. The summed E-state index contributed by atoms with van der Waals surface area (Å²) in [5, 5.41) is 9.11. The first-order valence-electron chi connectivity index (χ1n) is 5.34. The van der Waals surface area contributed by atoms with Gasteiger partial charge < -0.3 is 5.11 Å². The van der Waals surface area contributed by atoms with E-state index < -0.39 is 0 Å². The highest BCUT2D eigenvalue weighted by molar-refractivity contribution is 5.64. The Balaban J connectivity index is 2.53. The molecule has 1 aromatic carbocycles. The van der Waals surface area contributed by atoms with Crippen molar-refractivity contribution in [1.82, 2.24) is 4.98 Å². The van der Waals surface area contributed by atoms with Gasteiger partial charge in [-0.2, -0.15) is 0 Å². The van der Waals surface area contributed by atoms with Gasteiger partial charge in [-0.1, -0.05) is 17.7 Å². The maximum Gasteiger partial charge on any atom is 0.0708 e. The summed E-state index contributed by atoms with van der Waals surface area (Å²) in [4.78, 5) is 4.35. The molecule has 2 nitrogen and oxygen atoms in total. The van der Waals surface area contributed by atoms with Crippen LogP contribution >= 0.6 is 0 Å². The summed E-state index contributed by atoms with van der Waals surface area (Å²) < 4.78 is 0. The second-order valence-electron chi connectivity index (χ2n) is 4.03. The van der Waals surface area contributed by atoms with Gasteiger partial charge in [-0.05, 0) is 43.2 Å². The third-order valence-corrected chi connectivity index (χ3v) is 2.68. The minimum Gasteiger partial charge on any atom is -0.392 e. The Bertz CT molecular complexity index is 506. The first kappa shape index (κ1) is 10.8. The van der Waals surface area contributed by atoms with E-state index in [0.29, 0.717) is 0 Å². The number of benzene rings is 1. The number of pyridine rings is 1. The van der Waals surface area contributed by atoms with E-state index in [1.165, 1.54) is 11.1 Å². The lowest BCUT2D eigenvalue weighted by Crippen LogP contribution is -1.91. The van der Waals surface area contributed by atoms with Crippen LogP contribution in [0.1, 0.15) is 16.7 Å². The molecular formula is C14H15NO. The van der Waals surface area contributed by atoms with E-state index in [4.69, 9.17) is 5.11 Å². The SMILES string of the molecule is Cc1ccc(C)c(-c2cc(CO)ccn2)c1. The van der Waals surface area contributed by atoms with Crippen LogP contribution in [0.4, 0.5) is 0 Å². The van der Waals surface area contributed by atoms with Crippen molar-refractivity contribution in [2.75, 3.05) is 0 Å². The third kappa shape index (κ3) is 2.12. The average Bonchev–Trinajstić information content (AvgIpc) is 2.32. The molecule has 1 aromatic heterocycles. The van der Waals surface area contributed by atoms with Crippen LogP contribution in [0.25, 0.3) is 11.3 Å². The molecule has 1 heterocycles. The number of aliphatic hydroxyl groups is 1. The van der Waals surface area contributed by atoms with E-state index in [1.807, 2.05) is 12.1 Å². The molecule has 0 radical (unpaired) electrons. The minimum absolute atomic E-state index is 0.0559. The summed E-state index contributed by atoms with van der Waals surface area (Å²) in [6.45, 7) is 4.20. The van der Waals surface area contributed by atoms with E-state index in [2.05, 4.69) is 37.0 Å². The van der Waals surface area contributed by atoms with Crippen molar-refractivity contribution in [1.29, 1.82) is 0 Å². The Morgan fingerprint density at radius 2 is 1.94 bits per heavy atom. The molecule has 82 valence electrons. The fourth-order valence-electron chi connectivity index (χ4n) is 1.73. The number of aromatic nitrogens is 1. The molecule has 0 aliphatic carbocycles. The quantitative estimate of drug-likeness (QED) is 0.832. The second-order valence-corrected chi connectivity index (χ2v) is 4.03. The second kappa shape index (κ2) is 4.45. The zero-order valence-electron chi connectivity index (χ0n) is 9.57. The van der Waals surface area contributed by atoms with Gasteiger partial charge in [-0.3, -0.25) is 4.98 Å². The molecule has 2 rings (SSSR count). The van der Waals surface area contributed by atoms with Gasteiger partial charge in [-0.15, -0.1) is 0 Å². The molecule has 0 spiro atoms. The number of aliphatic hydroxyl groups excluding tert-OH is 1. The zero-order valence-corrected chi connectivity index (χ0v) is 9.57. The van der Waals surface area contributed by atoms with E-state index in [-0.39, 0.29) is 6.61 Å². The van der Waals surface area contributed by atoms with Crippen LogP contribution in [-0.2, 0) is 6.61 Å². The standard InChI is InChI=1S/C14H15NO/c1-10-3-4-11(2)13(7-10)14-8-12(9-16)5-6-15-14/h3-8,16H,9H2,1-2H3. The van der Waals surface area contributed by atoms with Crippen LogP contribution in [0.5, 0.6) is 0 Å². The molecule has 2 aromatic rings. The average molecular weight is 213 g/mol. The van der Waals surface area contributed by atoms with Crippen LogP contribution < -0.4 is 0 Å². The smallest absolute Gasteiger partial charge is 0.0708 e. The maximum absolute atomic E-state index is 9.11. The highest BCUT2D eigenvalue weighted by Gasteiger charge is 2.04. The molecule has 0 fully saturated rings.